The van der Waals surface area contributed by atoms with Crippen LogP contribution < -0.4 is 5.32 Å². The Labute approximate surface area is 136 Å². The van der Waals surface area contributed by atoms with Crippen LogP contribution >= 0.6 is 0 Å². The molecule has 23 heavy (non-hydrogen) atoms. The van der Waals surface area contributed by atoms with E-state index in [0.29, 0.717) is 25.5 Å². The topological polar surface area (TPSA) is 83.4 Å². The molecule has 1 aromatic rings. The normalized spacial score (nSPS) is 19.2. The molecule has 2 rings (SSSR count). The molecule has 8 nitrogen and oxygen atoms in total. The second-order valence-corrected chi connectivity index (χ2v) is 6.17. The van der Waals surface area contributed by atoms with Crippen LogP contribution in [0.15, 0.2) is 0 Å². The predicted octanol–water partition coefficient (Wildman–Crippen LogP) is -0.438. The third-order valence-corrected chi connectivity index (χ3v) is 4.23. The number of rotatable bonds is 4. The zero-order valence-electron chi connectivity index (χ0n) is 14.5. The van der Waals surface area contributed by atoms with E-state index in [1.54, 1.807) is 23.6 Å². The number of carbonyl (C=O) groups is 2. The minimum atomic E-state index is -0.309. The summed E-state index contributed by atoms with van der Waals surface area (Å²) >= 11 is 0. The van der Waals surface area contributed by atoms with Crippen molar-refractivity contribution >= 4 is 11.8 Å². The van der Waals surface area contributed by atoms with Gasteiger partial charge in [0.25, 0.3) is 0 Å². The third kappa shape index (κ3) is 3.87. The molecule has 128 valence electrons. The number of aryl methyl sites for hydroxylation is 2. The van der Waals surface area contributed by atoms with E-state index in [9.17, 15) is 9.59 Å². The molecule has 1 N–H and O–H groups in total. The van der Waals surface area contributed by atoms with Crippen LogP contribution in [0.3, 0.4) is 0 Å². The van der Waals surface area contributed by atoms with Crippen molar-refractivity contribution in [2.75, 3.05) is 26.7 Å². The smallest absolute Gasteiger partial charge is 0.244 e. The van der Waals surface area contributed by atoms with E-state index >= 15 is 0 Å². The fourth-order valence-corrected chi connectivity index (χ4v) is 2.98. The van der Waals surface area contributed by atoms with Crippen molar-refractivity contribution in [1.29, 1.82) is 0 Å². The monoisotopic (exact) mass is 322 g/mol. The van der Waals surface area contributed by atoms with Crippen molar-refractivity contribution in [3.63, 3.8) is 0 Å². The van der Waals surface area contributed by atoms with E-state index < -0.39 is 0 Å². The Morgan fingerprint density at radius 2 is 2.00 bits per heavy atom. The van der Waals surface area contributed by atoms with Gasteiger partial charge in [0.1, 0.15) is 24.2 Å². The largest absolute Gasteiger partial charge is 0.358 e. The summed E-state index contributed by atoms with van der Waals surface area (Å²) in [5.41, 5.74) is 0. The first-order valence-corrected chi connectivity index (χ1v) is 7.96. The van der Waals surface area contributed by atoms with E-state index in [1.807, 2.05) is 6.92 Å². The summed E-state index contributed by atoms with van der Waals surface area (Å²) in [5.74, 6) is 1.29. The number of nitrogens with zero attached hydrogens (tertiary/aromatic N) is 5. The highest BCUT2D eigenvalue weighted by molar-refractivity contribution is 5.83. The van der Waals surface area contributed by atoms with Gasteiger partial charge in [-0.2, -0.15) is 5.10 Å². The molecule has 1 fully saturated rings. The molecule has 2 amide bonds. The van der Waals surface area contributed by atoms with Gasteiger partial charge >= 0.3 is 0 Å². The van der Waals surface area contributed by atoms with Crippen LogP contribution in [0, 0.1) is 13.8 Å². The summed E-state index contributed by atoms with van der Waals surface area (Å²) in [7, 11) is 1.63. The van der Waals surface area contributed by atoms with Crippen molar-refractivity contribution in [3.05, 3.63) is 11.6 Å². The van der Waals surface area contributed by atoms with Gasteiger partial charge in [-0.3, -0.25) is 14.5 Å². The van der Waals surface area contributed by atoms with Gasteiger partial charge in [0.05, 0.1) is 0 Å². The molecule has 8 heteroatoms. The molecule has 0 bridgehead atoms. The molecule has 1 atom stereocenters. The van der Waals surface area contributed by atoms with Gasteiger partial charge in [0, 0.05) is 32.7 Å². The van der Waals surface area contributed by atoms with Crippen molar-refractivity contribution in [2.45, 2.75) is 46.3 Å². The third-order valence-electron chi connectivity index (χ3n) is 4.23. The molecule has 0 aliphatic carbocycles. The summed E-state index contributed by atoms with van der Waals surface area (Å²) in [4.78, 5) is 32.8. The minimum Gasteiger partial charge on any atom is -0.358 e. The van der Waals surface area contributed by atoms with Gasteiger partial charge < -0.3 is 10.2 Å². The van der Waals surface area contributed by atoms with Gasteiger partial charge in [-0.15, -0.1) is 0 Å². The van der Waals surface area contributed by atoms with Crippen LogP contribution in [-0.2, 0) is 16.1 Å². The Morgan fingerprint density at radius 3 is 2.52 bits per heavy atom. The highest BCUT2D eigenvalue weighted by Crippen LogP contribution is 2.14. The van der Waals surface area contributed by atoms with Crippen LogP contribution in [0.25, 0.3) is 0 Å². The second kappa shape index (κ2) is 7.08. The maximum atomic E-state index is 12.5. The van der Waals surface area contributed by atoms with Crippen molar-refractivity contribution in [3.8, 4) is 0 Å². The number of piperazine rings is 1. The minimum absolute atomic E-state index is 0.0321. The highest BCUT2D eigenvalue weighted by atomic mass is 16.2. The molecule has 1 aromatic heterocycles. The van der Waals surface area contributed by atoms with E-state index in [0.717, 1.165) is 5.82 Å². The average Bonchev–Trinajstić information content (AvgIpc) is 2.83. The number of carbonyl (C=O) groups excluding carboxylic acids is 2. The molecular formula is C15H26N6O2. The van der Waals surface area contributed by atoms with Crippen molar-refractivity contribution < 1.29 is 9.59 Å². The van der Waals surface area contributed by atoms with Gasteiger partial charge in [0.2, 0.25) is 11.8 Å². The highest BCUT2D eigenvalue weighted by Gasteiger charge is 2.35. The van der Waals surface area contributed by atoms with E-state index in [1.165, 1.54) is 0 Å². The number of hydrogen-bond acceptors (Lipinski definition) is 5. The first kappa shape index (κ1) is 17.4. The lowest BCUT2D eigenvalue weighted by Gasteiger charge is -2.42. The molecule has 0 spiro atoms. The second-order valence-electron chi connectivity index (χ2n) is 6.17. The van der Waals surface area contributed by atoms with Crippen LogP contribution in [0.2, 0.25) is 0 Å². The Balaban J connectivity index is 2.07. The van der Waals surface area contributed by atoms with Gasteiger partial charge in [0.15, 0.2) is 0 Å². The van der Waals surface area contributed by atoms with Crippen molar-refractivity contribution in [2.24, 2.45) is 0 Å². The maximum absolute atomic E-state index is 12.5. The summed E-state index contributed by atoms with van der Waals surface area (Å²) in [6.45, 7) is 9.64. The van der Waals surface area contributed by atoms with Crippen molar-refractivity contribution in [1.82, 2.24) is 29.9 Å². The van der Waals surface area contributed by atoms with Crippen LogP contribution in [0.5, 0.6) is 0 Å². The number of nitrogens with one attached hydrogen (secondary N) is 1. The predicted molar refractivity (Wildman–Crippen MR) is 85.8 cm³/mol. The standard InChI is InChI=1S/C15H26N6O2/c1-10(2)20-7-6-19(8-13(20)15(23)16-5)14(22)9-21-12(4)17-11(3)18-21/h10,13H,6-9H2,1-5H3,(H,16,23)/t13-/m1/s1. The van der Waals surface area contributed by atoms with Gasteiger partial charge in [-0.25, -0.2) is 9.67 Å². The Hall–Kier alpha value is -1.96. The summed E-state index contributed by atoms with van der Waals surface area (Å²) < 4.78 is 1.61. The fraction of sp³-hybridized carbons (Fsp3) is 0.733. The molecule has 0 radical (unpaired) electrons. The molecule has 1 saturated heterocycles. The van der Waals surface area contributed by atoms with Crippen LogP contribution in [-0.4, -0.2) is 75.1 Å². The average molecular weight is 322 g/mol. The Bertz CT molecular complexity index is 583. The van der Waals surface area contributed by atoms with Crippen LogP contribution in [0.4, 0.5) is 0 Å². The molecule has 0 saturated carbocycles. The number of aromatic nitrogens is 3. The zero-order chi connectivity index (χ0) is 17.1. The lowest BCUT2D eigenvalue weighted by Crippen LogP contribution is -2.61. The lowest BCUT2D eigenvalue weighted by molar-refractivity contribution is -0.139. The maximum Gasteiger partial charge on any atom is 0.244 e. The first-order valence-electron chi connectivity index (χ1n) is 7.96. The van der Waals surface area contributed by atoms with E-state index in [4.69, 9.17) is 0 Å². The lowest BCUT2D eigenvalue weighted by atomic mass is 10.1. The zero-order valence-corrected chi connectivity index (χ0v) is 14.5. The molecule has 1 aliphatic heterocycles. The number of hydrogen-bond donors (Lipinski definition) is 1. The van der Waals surface area contributed by atoms with E-state index in [2.05, 4.69) is 34.1 Å². The quantitative estimate of drug-likeness (QED) is 0.813. The molecule has 2 heterocycles. The van der Waals surface area contributed by atoms with E-state index in [-0.39, 0.29) is 30.4 Å². The van der Waals surface area contributed by atoms with Crippen LogP contribution in [0.1, 0.15) is 25.5 Å². The van der Waals surface area contributed by atoms with Gasteiger partial charge in [-0.05, 0) is 27.7 Å². The number of amides is 2. The summed E-state index contributed by atoms with van der Waals surface area (Å²) in [6.07, 6.45) is 0. The molecule has 1 aliphatic rings. The fourth-order valence-electron chi connectivity index (χ4n) is 2.98. The SMILES string of the molecule is CNC(=O)[C@H]1CN(C(=O)Cn2nc(C)nc2C)CCN1C(C)C. The van der Waals surface area contributed by atoms with Gasteiger partial charge in [-0.1, -0.05) is 0 Å². The number of likely N-dealkylation sites (N-methyl/N-ethyl adjacent to an activating group) is 1. The Kier molecular flexibility index (Phi) is 5.35. The Morgan fingerprint density at radius 1 is 1.30 bits per heavy atom. The molecular weight excluding hydrogens is 296 g/mol. The molecule has 0 aromatic carbocycles. The summed E-state index contributed by atoms with van der Waals surface area (Å²) in [5, 5.41) is 6.92. The first-order chi connectivity index (χ1) is 10.8. The summed E-state index contributed by atoms with van der Waals surface area (Å²) in [6, 6.07) is -0.0500. The molecule has 0 unspecified atom stereocenters.